The Hall–Kier alpha value is -3.48. The van der Waals surface area contributed by atoms with Crippen LogP contribution in [0, 0.1) is 0 Å². The van der Waals surface area contributed by atoms with Crippen molar-refractivity contribution in [3.63, 3.8) is 0 Å². The van der Waals surface area contributed by atoms with Crippen LogP contribution in [0.15, 0.2) is 24.9 Å². The maximum atomic E-state index is 12.7. The number of esters is 3. The zero-order valence-electron chi connectivity index (χ0n) is 16.2. The average molecular weight is 432 g/mol. The molecule has 1 unspecified atom stereocenters. The molecule has 0 bridgehead atoms. The van der Waals surface area contributed by atoms with Gasteiger partial charge in [0.1, 0.15) is 0 Å². The molecule has 160 valence electrons. The molecular weight excluding hydrogens is 412 g/mol. The molecule has 0 aromatic rings. The summed E-state index contributed by atoms with van der Waals surface area (Å²) in [5, 5.41) is 0. The number of hydrogen-bond acceptors (Lipinski definition) is 12. The van der Waals surface area contributed by atoms with Crippen molar-refractivity contribution in [3.05, 3.63) is 24.9 Å². The molecule has 0 aromatic carbocycles. The Morgan fingerprint density at radius 3 is 1.52 bits per heavy atom. The van der Waals surface area contributed by atoms with Crippen molar-refractivity contribution in [2.45, 2.75) is 40.1 Å². The van der Waals surface area contributed by atoms with E-state index in [4.69, 9.17) is 13.3 Å². The molecule has 0 N–H and O–H groups in total. The first-order valence-electron chi connectivity index (χ1n) is 7.79. The normalized spacial score (nSPS) is 12.3. The Kier molecular flexibility index (Phi) is 9.46. The van der Waals surface area contributed by atoms with Gasteiger partial charge in [0.2, 0.25) is 0 Å². The highest BCUT2D eigenvalue weighted by atomic mass is 28.4. The molecule has 13 heteroatoms. The van der Waals surface area contributed by atoms with Gasteiger partial charge in [-0.15, -0.1) is 6.58 Å². The molecule has 29 heavy (non-hydrogen) atoms. The molecule has 12 nitrogen and oxygen atoms in total. The van der Waals surface area contributed by atoms with Gasteiger partial charge < -0.3 is 27.5 Å². The molecule has 0 saturated heterocycles. The summed E-state index contributed by atoms with van der Waals surface area (Å²) < 4.78 is 28.3. The largest absolute Gasteiger partial charge is 0.734 e. The van der Waals surface area contributed by atoms with E-state index in [0.717, 1.165) is 39.5 Å². The second-order valence-corrected chi connectivity index (χ2v) is 7.32. The third kappa shape index (κ3) is 8.38. The maximum Gasteiger partial charge on any atom is 0.734 e. The van der Waals surface area contributed by atoms with E-state index in [1.165, 1.54) is 0 Å². The first-order chi connectivity index (χ1) is 13.3. The molecule has 0 spiro atoms. The first-order valence-corrected chi connectivity index (χ1v) is 9.59. The lowest BCUT2D eigenvalue weighted by molar-refractivity contribution is -0.317. The van der Waals surface area contributed by atoms with Gasteiger partial charge >= 0.3 is 44.6 Å². The Labute approximate surface area is 166 Å². The SMILES string of the molecule is C=CCC(=O)O[Si](C=C)(OC(C)=O)OC(=O)C(OC(C)=O)(OC(C)=O)OC(C)=O. The highest BCUT2D eigenvalue weighted by molar-refractivity contribution is 6.70. The number of hydrogen-bond donors (Lipinski definition) is 0. The summed E-state index contributed by atoms with van der Waals surface area (Å²) in [5.41, 5.74) is 0.730. The second-order valence-electron chi connectivity index (χ2n) is 5.09. The first kappa shape index (κ1) is 25.5. The van der Waals surface area contributed by atoms with Crippen LogP contribution in [-0.4, -0.2) is 50.6 Å². The standard InChI is InChI=1S/C16H20O12Si/c1-7-9-14(21)27-29(8-2,26-13(6)20)28-15(22)16(23-10(3)17,24-11(4)18)25-12(5)19/h7-8H,1-2,9H2,3-6H3. The van der Waals surface area contributed by atoms with Gasteiger partial charge in [0.05, 0.1) is 6.42 Å². The number of rotatable bonds is 10. The fourth-order valence-corrected chi connectivity index (χ4v) is 3.21. The van der Waals surface area contributed by atoms with Crippen LogP contribution < -0.4 is 0 Å². The smallest absolute Gasteiger partial charge is 0.452 e. The third-order valence-corrected chi connectivity index (χ3v) is 4.48. The molecule has 0 aromatic heterocycles. The maximum absolute atomic E-state index is 12.7. The van der Waals surface area contributed by atoms with Crippen molar-refractivity contribution >= 4 is 44.6 Å². The topological polar surface area (TPSA) is 158 Å². The minimum atomic E-state index is -4.67. The molecule has 0 amide bonds. The summed E-state index contributed by atoms with van der Waals surface area (Å²) in [4.78, 5) is 70.1. The van der Waals surface area contributed by atoms with Crippen LogP contribution in [0.25, 0.3) is 0 Å². The minimum absolute atomic E-state index is 0.357. The zero-order valence-corrected chi connectivity index (χ0v) is 17.2. The fraction of sp³-hybridized carbons (Fsp3) is 0.375. The summed E-state index contributed by atoms with van der Waals surface area (Å²) in [6, 6.07) is 0. The molecule has 0 aliphatic heterocycles. The molecule has 0 aliphatic carbocycles. The summed E-state index contributed by atoms with van der Waals surface area (Å²) in [6.45, 7) is 9.96. The third-order valence-electron chi connectivity index (χ3n) is 2.42. The highest BCUT2D eigenvalue weighted by Gasteiger charge is 2.60. The summed E-state index contributed by atoms with van der Waals surface area (Å²) in [5.74, 6) is -10.9. The number of ether oxygens (including phenoxy) is 3. The molecule has 0 saturated carbocycles. The van der Waals surface area contributed by atoms with E-state index in [-0.39, 0.29) is 6.42 Å². The van der Waals surface area contributed by atoms with Crippen molar-refractivity contribution in [1.82, 2.24) is 0 Å². The molecule has 1 atom stereocenters. The molecule has 0 heterocycles. The zero-order chi connectivity index (χ0) is 22.8. The van der Waals surface area contributed by atoms with Gasteiger partial charge in [0, 0.05) is 33.4 Å². The Bertz CT molecular complexity index is 687. The Morgan fingerprint density at radius 1 is 0.759 bits per heavy atom. The van der Waals surface area contributed by atoms with E-state index in [1.807, 2.05) is 0 Å². The lowest BCUT2D eigenvalue weighted by atomic mass is 10.4. The van der Waals surface area contributed by atoms with E-state index in [1.54, 1.807) is 0 Å². The molecule has 0 rings (SSSR count). The lowest BCUT2D eigenvalue weighted by Gasteiger charge is -2.31. The summed E-state index contributed by atoms with van der Waals surface area (Å²) in [7, 11) is -4.67. The second kappa shape index (κ2) is 10.7. The van der Waals surface area contributed by atoms with Crippen LogP contribution in [0.3, 0.4) is 0 Å². The van der Waals surface area contributed by atoms with Gasteiger partial charge in [0.25, 0.3) is 5.97 Å². The highest BCUT2D eigenvalue weighted by Crippen LogP contribution is 2.24. The van der Waals surface area contributed by atoms with Gasteiger partial charge in [0.15, 0.2) is 0 Å². The fourth-order valence-electron chi connectivity index (χ4n) is 1.65. The van der Waals surface area contributed by atoms with E-state index >= 15 is 0 Å². The van der Waals surface area contributed by atoms with Gasteiger partial charge in [-0.1, -0.05) is 12.7 Å². The van der Waals surface area contributed by atoms with Gasteiger partial charge in [-0.25, -0.2) is 4.79 Å². The van der Waals surface area contributed by atoms with Gasteiger partial charge in [-0.3, -0.25) is 24.0 Å². The number of carbonyl (C=O) groups excluding carboxylic acids is 6. The van der Waals surface area contributed by atoms with Gasteiger partial charge in [-0.05, 0) is 0 Å². The van der Waals surface area contributed by atoms with E-state index in [9.17, 15) is 28.8 Å². The quantitative estimate of drug-likeness (QED) is 0.200. The Balaban J connectivity index is 6.22. The van der Waals surface area contributed by atoms with E-state index in [0.29, 0.717) is 0 Å². The number of carbonyl (C=O) groups is 6. The molecule has 0 aliphatic rings. The summed E-state index contributed by atoms with van der Waals surface area (Å²) >= 11 is 0. The average Bonchev–Trinajstić information content (AvgIpc) is 2.51. The van der Waals surface area contributed by atoms with Crippen molar-refractivity contribution < 1.29 is 56.3 Å². The monoisotopic (exact) mass is 432 g/mol. The van der Waals surface area contributed by atoms with Crippen molar-refractivity contribution in [3.8, 4) is 0 Å². The van der Waals surface area contributed by atoms with Crippen LogP contribution in [0.1, 0.15) is 34.1 Å². The molecule has 0 radical (unpaired) electrons. The van der Waals surface area contributed by atoms with E-state index < -0.39 is 50.6 Å². The molecular formula is C16H20O12Si. The van der Waals surface area contributed by atoms with Crippen LogP contribution in [0.2, 0.25) is 0 Å². The minimum Gasteiger partial charge on any atom is -0.452 e. The molecule has 0 fully saturated rings. The van der Waals surface area contributed by atoms with Gasteiger partial charge in [-0.2, -0.15) is 0 Å². The van der Waals surface area contributed by atoms with Crippen molar-refractivity contribution in [2.75, 3.05) is 0 Å². The predicted molar refractivity (Wildman–Crippen MR) is 92.7 cm³/mol. The van der Waals surface area contributed by atoms with Crippen LogP contribution >= 0.6 is 0 Å². The Morgan fingerprint density at radius 2 is 1.21 bits per heavy atom. The summed E-state index contributed by atoms with van der Waals surface area (Å²) in [6.07, 6.45) is 0.797. The van der Waals surface area contributed by atoms with Crippen molar-refractivity contribution in [1.29, 1.82) is 0 Å². The van der Waals surface area contributed by atoms with Crippen LogP contribution in [0.5, 0.6) is 0 Å². The van der Waals surface area contributed by atoms with Crippen molar-refractivity contribution in [2.24, 2.45) is 0 Å². The predicted octanol–water partition coefficient (Wildman–Crippen LogP) is 0.219. The van der Waals surface area contributed by atoms with Crippen LogP contribution in [-0.2, 0) is 56.3 Å². The van der Waals surface area contributed by atoms with E-state index in [2.05, 4.69) is 27.4 Å². The lowest BCUT2D eigenvalue weighted by Crippen LogP contribution is -2.57. The van der Waals surface area contributed by atoms with Crippen LogP contribution in [0.4, 0.5) is 0 Å².